The number of aryl methyl sites for hydroxylation is 1. The maximum absolute atomic E-state index is 12.5. The fourth-order valence-corrected chi connectivity index (χ4v) is 3.15. The molecular formula is C19H22N6O3. The van der Waals surface area contributed by atoms with E-state index in [4.69, 9.17) is 9.26 Å². The van der Waals surface area contributed by atoms with Crippen molar-refractivity contribution >= 4 is 5.91 Å². The number of rotatable bonds is 6. The highest BCUT2D eigenvalue weighted by Crippen LogP contribution is 2.20. The Labute approximate surface area is 162 Å². The molecule has 9 heteroatoms. The van der Waals surface area contributed by atoms with Crippen LogP contribution in [0.25, 0.3) is 17.3 Å². The highest BCUT2D eigenvalue weighted by molar-refractivity contribution is 5.95. The second kappa shape index (κ2) is 7.89. The fraction of sp³-hybridized carbons (Fsp3) is 0.421. The van der Waals surface area contributed by atoms with Crippen LogP contribution in [0.15, 0.2) is 29.0 Å². The van der Waals surface area contributed by atoms with E-state index in [-0.39, 0.29) is 12.0 Å². The van der Waals surface area contributed by atoms with Gasteiger partial charge in [-0.3, -0.25) is 4.79 Å². The van der Waals surface area contributed by atoms with E-state index < -0.39 is 0 Å². The average Bonchev–Trinajstić information content (AvgIpc) is 3.47. The van der Waals surface area contributed by atoms with Crippen molar-refractivity contribution in [2.45, 2.75) is 39.2 Å². The lowest BCUT2D eigenvalue weighted by molar-refractivity contribution is 0.0857. The molecule has 0 unspecified atom stereocenters. The number of aromatic nitrogens is 5. The second-order valence-electron chi connectivity index (χ2n) is 6.67. The molecule has 9 nitrogen and oxygen atoms in total. The molecule has 1 amide bonds. The summed E-state index contributed by atoms with van der Waals surface area (Å²) in [5, 5.41) is 11.2. The van der Waals surface area contributed by atoms with Crippen molar-refractivity contribution in [2.24, 2.45) is 0 Å². The lowest BCUT2D eigenvalue weighted by Gasteiger charge is -2.10. The van der Waals surface area contributed by atoms with E-state index in [2.05, 4.69) is 25.5 Å². The summed E-state index contributed by atoms with van der Waals surface area (Å²) < 4.78 is 12.5. The summed E-state index contributed by atoms with van der Waals surface area (Å²) in [5.41, 5.74) is 1.96. The van der Waals surface area contributed by atoms with Crippen LogP contribution in [0.3, 0.4) is 0 Å². The highest BCUT2D eigenvalue weighted by Gasteiger charge is 2.20. The van der Waals surface area contributed by atoms with Gasteiger partial charge >= 0.3 is 0 Å². The Morgan fingerprint density at radius 1 is 1.43 bits per heavy atom. The molecule has 1 aliphatic rings. The van der Waals surface area contributed by atoms with Gasteiger partial charge in [0.05, 0.1) is 23.6 Å². The fourth-order valence-electron chi connectivity index (χ4n) is 3.15. The molecule has 0 aliphatic carbocycles. The van der Waals surface area contributed by atoms with Crippen molar-refractivity contribution in [1.29, 1.82) is 0 Å². The molecule has 0 spiro atoms. The minimum Gasteiger partial charge on any atom is -0.376 e. The van der Waals surface area contributed by atoms with Gasteiger partial charge in [-0.1, -0.05) is 12.1 Å². The number of amides is 1. The van der Waals surface area contributed by atoms with Gasteiger partial charge in [0.15, 0.2) is 11.6 Å². The monoisotopic (exact) mass is 382 g/mol. The van der Waals surface area contributed by atoms with Crippen LogP contribution < -0.4 is 5.32 Å². The van der Waals surface area contributed by atoms with Gasteiger partial charge in [-0.15, -0.1) is 0 Å². The number of nitrogens with zero attached hydrogens (tertiary/aromatic N) is 5. The molecule has 28 heavy (non-hydrogen) atoms. The van der Waals surface area contributed by atoms with Crippen molar-refractivity contribution in [3.05, 3.63) is 41.6 Å². The molecular weight excluding hydrogens is 360 g/mol. The Hall–Kier alpha value is -3.07. The molecule has 146 valence electrons. The lowest BCUT2D eigenvalue weighted by atomic mass is 10.2. The van der Waals surface area contributed by atoms with Gasteiger partial charge < -0.3 is 14.6 Å². The normalized spacial score (nSPS) is 16.4. The van der Waals surface area contributed by atoms with E-state index in [1.165, 1.54) is 0 Å². The van der Waals surface area contributed by atoms with Crippen LogP contribution in [0.2, 0.25) is 0 Å². The van der Waals surface area contributed by atoms with Gasteiger partial charge in [0.1, 0.15) is 0 Å². The first-order valence-electron chi connectivity index (χ1n) is 9.39. The summed E-state index contributed by atoms with van der Waals surface area (Å²) in [6, 6.07) is 3.60. The average molecular weight is 382 g/mol. The maximum Gasteiger partial charge on any atom is 0.258 e. The maximum atomic E-state index is 12.5. The number of ether oxygens (including phenoxy) is 1. The van der Waals surface area contributed by atoms with Crippen LogP contribution >= 0.6 is 0 Å². The quantitative estimate of drug-likeness (QED) is 0.695. The minimum atomic E-state index is -0.167. The zero-order chi connectivity index (χ0) is 19.5. The van der Waals surface area contributed by atoms with Crippen LogP contribution in [0.4, 0.5) is 0 Å². The third kappa shape index (κ3) is 3.65. The molecule has 1 fully saturated rings. The van der Waals surface area contributed by atoms with Crippen LogP contribution in [0, 0.1) is 6.92 Å². The summed E-state index contributed by atoms with van der Waals surface area (Å²) in [4.78, 5) is 21.2. The standard InChI is InChI=1S/C19H22N6O3/c1-3-16-23-19(28-24-16)13-6-7-20-17(9-13)25-12(2)15(11-22-25)18(26)21-10-14-5-4-8-27-14/h6-7,9,11,14H,3-5,8,10H2,1-2H3,(H,21,26)/t14-/m0/s1. The van der Waals surface area contributed by atoms with E-state index in [9.17, 15) is 4.79 Å². The Balaban J connectivity index is 1.53. The summed E-state index contributed by atoms with van der Waals surface area (Å²) in [6.07, 6.45) is 6.02. The van der Waals surface area contributed by atoms with Crippen molar-refractivity contribution in [3.63, 3.8) is 0 Å². The lowest BCUT2D eigenvalue weighted by Crippen LogP contribution is -2.32. The molecule has 3 aromatic heterocycles. The van der Waals surface area contributed by atoms with E-state index in [0.717, 1.165) is 25.0 Å². The highest BCUT2D eigenvalue weighted by atomic mass is 16.5. The van der Waals surface area contributed by atoms with Gasteiger partial charge in [0.25, 0.3) is 11.8 Å². The van der Waals surface area contributed by atoms with Crippen LogP contribution in [0.1, 0.15) is 41.6 Å². The molecule has 0 aromatic carbocycles. The number of carbonyl (C=O) groups is 1. The largest absolute Gasteiger partial charge is 0.376 e. The SMILES string of the molecule is CCc1noc(-c2ccnc(-n3ncc(C(=O)NC[C@@H]4CCCO4)c3C)c2)n1. The van der Waals surface area contributed by atoms with Gasteiger partial charge in [-0.25, -0.2) is 9.67 Å². The molecule has 4 rings (SSSR count). The van der Waals surface area contributed by atoms with Crippen molar-refractivity contribution in [1.82, 2.24) is 30.2 Å². The van der Waals surface area contributed by atoms with E-state index >= 15 is 0 Å². The van der Waals surface area contributed by atoms with Gasteiger partial charge in [-0.2, -0.15) is 10.1 Å². The summed E-state index contributed by atoms with van der Waals surface area (Å²) in [7, 11) is 0. The first kappa shape index (κ1) is 18.3. The van der Waals surface area contributed by atoms with Gasteiger partial charge in [0.2, 0.25) is 0 Å². The Morgan fingerprint density at radius 2 is 2.32 bits per heavy atom. The summed E-state index contributed by atoms with van der Waals surface area (Å²) in [5.74, 6) is 1.48. The zero-order valence-electron chi connectivity index (χ0n) is 15.9. The molecule has 3 aromatic rings. The number of carbonyl (C=O) groups excluding carboxylic acids is 1. The summed E-state index contributed by atoms with van der Waals surface area (Å²) in [6.45, 7) is 5.07. The van der Waals surface area contributed by atoms with Crippen molar-refractivity contribution in [2.75, 3.05) is 13.2 Å². The molecule has 0 radical (unpaired) electrons. The third-order valence-corrected chi connectivity index (χ3v) is 4.76. The van der Waals surface area contributed by atoms with Gasteiger partial charge in [-0.05, 0) is 31.9 Å². The molecule has 1 N–H and O–H groups in total. The molecule has 1 atom stereocenters. The van der Waals surface area contributed by atoms with E-state index in [1.807, 2.05) is 13.8 Å². The summed E-state index contributed by atoms with van der Waals surface area (Å²) >= 11 is 0. The number of hydrogen-bond donors (Lipinski definition) is 1. The van der Waals surface area contributed by atoms with Crippen LogP contribution in [-0.2, 0) is 11.2 Å². The predicted octanol–water partition coefficient (Wildman–Crippen LogP) is 2.10. The number of nitrogens with one attached hydrogen (secondary N) is 1. The molecule has 1 saturated heterocycles. The second-order valence-corrected chi connectivity index (χ2v) is 6.67. The van der Waals surface area contributed by atoms with Crippen LogP contribution in [0.5, 0.6) is 0 Å². The molecule has 1 aliphatic heterocycles. The molecule has 4 heterocycles. The van der Waals surface area contributed by atoms with Crippen molar-refractivity contribution in [3.8, 4) is 17.3 Å². The smallest absolute Gasteiger partial charge is 0.258 e. The number of hydrogen-bond acceptors (Lipinski definition) is 7. The first-order chi connectivity index (χ1) is 13.7. The molecule has 0 saturated carbocycles. The number of pyridine rings is 1. The Kier molecular flexibility index (Phi) is 5.16. The zero-order valence-corrected chi connectivity index (χ0v) is 15.9. The minimum absolute atomic E-state index is 0.0973. The topological polar surface area (TPSA) is 108 Å². The Morgan fingerprint density at radius 3 is 3.07 bits per heavy atom. The molecule has 0 bridgehead atoms. The predicted molar refractivity (Wildman–Crippen MR) is 100 cm³/mol. The van der Waals surface area contributed by atoms with E-state index in [1.54, 1.807) is 29.2 Å². The van der Waals surface area contributed by atoms with Crippen molar-refractivity contribution < 1.29 is 14.1 Å². The Bertz CT molecular complexity index is 974. The van der Waals surface area contributed by atoms with Gasteiger partial charge in [0, 0.05) is 31.3 Å². The van der Waals surface area contributed by atoms with E-state index in [0.29, 0.717) is 41.8 Å². The van der Waals surface area contributed by atoms with Crippen LogP contribution in [-0.4, -0.2) is 50.1 Å². The first-order valence-corrected chi connectivity index (χ1v) is 9.39. The third-order valence-electron chi connectivity index (χ3n) is 4.76.